The van der Waals surface area contributed by atoms with E-state index in [0.29, 0.717) is 17.7 Å². The minimum absolute atomic E-state index is 0.00264. The lowest BCUT2D eigenvalue weighted by atomic mass is 9.51. The number of aromatic hydroxyl groups is 1. The number of carbonyl (C=O) groups is 1. The van der Waals surface area contributed by atoms with Gasteiger partial charge >= 0.3 is 5.97 Å². The van der Waals surface area contributed by atoms with E-state index in [9.17, 15) is 9.90 Å². The van der Waals surface area contributed by atoms with E-state index in [-0.39, 0.29) is 35.2 Å². The lowest BCUT2D eigenvalue weighted by Crippen LogP contribution is -2.69. The predicted molar refractivity (Wildman–Crippen MR) is 146 cm³/mol. The molecule has 38 heavy (non-hydrogen) atoms. The molecular formula is C31H46N2O5. The van der Waals surface area contributed by atoms with E-state index in [4.69, 9.17) is 14.2 Å². The average molecular weight is 527 g/mol. The summed E-state index contributed by atoms with van der Waals surface area (Å²) in [6.45, 7) is 12.3. The third-order valence-corrected chi connectivity index (χ3v) is 10.2. The number of esters is 1. The topological polar surface area (TPSA) is 80.3 Å². The number of nitrogens with one attached hydrogen (secondary N) is 1. The van der Waals surface area contributed by atoms with Crippen molar-refractivity contribution in [2.75, 3.05) is 20.2 Å². The first-order valence-electron chi connectivity index (χ1n) is 14.9. The third-order valence-electron chi connectivity index (χ3n) is 10.2. The van der Waals surface area contributed by atoms with Gasteiger partial charge < -0.3 is 19.3 Å². The van der Waals surface area contributed by atoms with E-state index in [1.54, 1.807) is 13.2 Å². The molecule has 0 aromatic heterocycles. The Bertz CT molecular complexity index is 1090. The van der Waals surface area contributed by atoms with Gasteiger partial charge in [-0.25, -0.2) is 0 Å². The molecule has 0 amide bonds. The van der Waals surface area contributed by atoms with Crippen LogP contribution in [0, 0.1) is 17.8 Å². The number of ether oxygens (including phenoxy) is 3. The molecule has 2 heterocycles. The second kappa shape index (κ2) is 9.29. The molecule has 3 fully saturated rings. The molecule has 2 saturated carbocycles. The van der Waals surface area contributed by atoms with Crippen LogP contribution in [0.3, 0.4) is 0 Å². The molecule has 2 aliphatic heterocycles. The third kappa shape index (κ3) is 4.11. The van der Waals surface area contributed by atoms with E-state index in [1.807, 2.05) is 20.8 Å². The first-order valence-corrected chi connectivity index (χ1v) is 14.9. The molecule has 0 radical (unpaired) electrons. The number of carbonyl (C=O) groups excluding carboxylic acids is 1. The van der Waals surface area contributed by atoms with Crippen molar-refractivity contribution in [3.05, 3.63) is 17.2 Å². The maximum absolute atomic E-state index is 13.4. The van der Waals surface area contributed by atoms with Gasteiger partial charge in [-0.3, -0.25) is 15.0 Å². The first kappa shape index (κ1) is 26.2. The van der Waals surface area contributed by atoms with Crippen LogP contribution in [-0.4, -0.2) is 66.0 Å². The van der Waals surface area contributed by atoms with Crippen molar-refractivity contribution in [2.45, 2.75) is 115 Å². The first-order chi connectivity index (χ1) is 18.1. The Morgan fingerprint density at radius 1 is 1.29 bits per heavy atom. The summed E-state index contributed by atoms with van der Waals surface area (Å²) < 4.78 is 18.5. The standard InChI is InChI=1S/C31H46N2O5/c1-7-17(2)26(29(35)38-30(3,4)5)32-21-11-10-20-22-14-19-24(36-6)15-23(34)27-25(19)31(20,28(21)37-27)12-13-33(22)16-18-8-9-18/h15,17-18,20-22,26,28,32,34H,7-14,16H2,1-6H3/t17-,20-,21+,22+,26-,28-,31-/m0/s1. The number of rotatable bonds is 8. The number of phenolic OH excluding ortho intramolecular Hbond substituents is 1. The fourth-order valence-corrected chi connectivity index (χ4v) is 8.18. The summed E-state index contributed by atoms with van der Waals surface area (Å²) in [5.41, 5.74) is 1.69. The summed E-state index contributed by atoms with van der Waals surface area (Å²) in [5, 5.41) is 14.9. The number of likely N-dealkylation sites (tertiary alicyclic amines) is 1. The van der Waals surface area contributed by atoms with Gasteiger partial charge in [-0.15, -0.1) is 0 Å². The second-order valence-electron chi connectivity index (χ2n) is 13.7. The van der Waals surface area contributed by atoms with Crippen LogP contribution in [0.2, 0.25) is 0 Å². The highest BCUT2D eigenvalue weighted by atomic mass is 16.6. The summed E-state index contributed by atoms with van der Waals surface area (Å²) in [6, 6.07) is 1.80. The van der Waals surface area contributed by atoms with Crippen LogP contribution in [0.1, 0.15) is 84.3 Å². The van der Waals surface area contributed by atoms with Gasteiger partial charge in [-0.1, -0.05) is 20.3 Å². The van der Waals surface area contributed by atoms with Gasteiger partial charge in [-0.2, -0.15) is 0 Å². The van der Waals surface area contributed by atoms with Gasteiger partial charge in [0.15, 0.2) is 11.5 Å². The van der Waals surface area contributed by atoms with Crippen molar-refractivity contribution in [3.8, 4) is 17.2 Å². The predicted octanol–water partition coefficient (Wildman–Crippen LogP) is 4.56. The van der Waals surface area contributed by atoms with Crippen LogP contribution in [0.5, 0.6) is 17.2 Å². The van der Waals surface area contributed by atoms with Crippen molar-refractivity contribution in [1.29, 1.82) is 0 Å². The maximum Gasteiger partial charge on any atom is 0.323 e. The number of phenols is 1. The minimum atomic E-state index is -0.539. The van der Waals surface area contributed by atoms with E-state index >= 15 is 0 Å². The van der Waals surface area contributed by atoms with Gasteiger partial charge in [0.25, 0.3) is 0 Å². The molecule has 7 nitrogen and oxygen atoms in total. The summed E-state index contributed by atoms with van der Waals surface area (Å²) in [5.74, 6) is 2.87. The number of nitrogens with zero attached hydrogens (tertiary/aromatic N) is 1. The zero-order valence-corrected chi connectivity index (χ0v) is 24.0. The molecule has 210 valence electrons. The Labute approximate surface area is 227 Å². The Hall–Kier alpha value is -1.99. The van der Waals surface area contributed by atoms with E-state index in [2.05, 4.69) is 24.1 Å². The maximum atomic E-state index is 13.4. The Morgan fingerprint density at radius 2 is 2.05 bits per heavy atom. The van der Waals surface area contributed by atoms with Crippen LogP contribution >= 0.6 is 0 Å². The summed E-state index contributed by atoms with van der Waals surface area (Å²) >= 11 is 0. The molecule has 6 rings (SSSR count). The number of hydrogen-bond acceptors (Lipinski definition) is 7. The number of hydrogen-bond donors (Lipinski definition) is 2. The molecule has 1 spiro atoms. The van der Waals surface area contributed by atoms with E-state index in [0.717, 1.165) is 50.3 Å². The fraction of sp³-hybridized carbons (Fsp3) is 0.774. The number of methoxy groups -OCH3 is 1. The summed E-state index contributed by atoms with van der Waals surface area (Å²) in [6.07, 6.45) is 7.45. The highest BCUT2D eigenvalue weighted by Gasteiger charge is 2.66. The van der Waals surface area contributed by atoms with Gasteiger partial charge in [0, 0.05) is 41.2 Å². The van der Waals surface area contributed by atoms with Crippen molar-refractivity contribution in [2.24, 2.45) is 17.8 Å². The molecule has 7 atom stereocenters. The zero-order valence-electron chi connectivity index (χ0n) is 24.0. The van der Waals surface area contributed by atoms with Crippen LogP contribution in [0.4, 0.5) is 0 Å². The molecule has 1 aromatic rings. The Kier molecular flexibility index (Phi) is 6.42. The monoisotopic (exact) mass is 526 g/mol. The normalized spacial score (nSPS) is 33.2. The number of benzene rings is 1. The van der Waals surface area contributed by atoms with E-state index < -0.39 is 11.6 Å². The molecule has 1 saturated heterocycles. The molecular weight excluding hydrogens is 480 g/mol. The molecule has 3 aliphatic carbocycles. The van der Waals surface area contributed by atoms with Crippen molar-refractivity contribution in [3.63, 3.8) is 0 Å². The van der Waals surface area contributed by atoms with Crippen molar-refractivity contribution >= 4 is 5.97 Å². The van der Waals surface area contributed by atoms with Crippen molar-refractivity contribution < 1.29 is 24.1 Å². The van der Waals surface area contributed by atoms with Crippen LogP contribution in [0.15, 0.2) is 6.07 Å². The lowest BCUT2D eigenvalue weighted by Gasteiger charge is -2.60. The van der Waals surface area contributed by atoms with Crippen LogP contribution < -0.4 is 14.8 Å². The summed E-state index contributed by atoms with van der Waals surface area (Å²) in [4.78, 5) is 16.1. The second-order valence-corrected chi connectivity index (χ2v) is 13.7. The minimum Gasteiger partial charge on any atom is -0.504 e. The fourth-order valence-electron chi connectivity index (χ4n) is 8.18. The van der Waals surface area contributed by atoms with Gasteiger partial charge in [0.05, 0.1) is 7.11 Å². The van der Waals surface area contributed by atoms with E-state index in [1.165, 1.54) is 30.5 Å². The summed E-state index contributed by atoms with van der Waals surface area (Å²) in [7, 11) is 1.70. The Balaban J connectivity index is 1.38. The zero-order chi connectivity index (χ0) is 27.0. The molecule has 5 aliphatic rings. The largest absolute Gasteiger partial charge is 0.504 e. The number of piperidine rings is 1. The van der Waals surface area contributed by atoms with Crippen LogP contribution in [0.25, 0.3) is 0 Å². The molecule has 1 aromatic carbocycles. The highest BCUT2D eigenvalue weighted by molar-refractivity contribution is 5.76. The SMILES string of the molecule is CC[C@H](C)[C@H](N[C@@H]1CC[C@H]2[C@H]3Cc4c(OC)cc(O)c5c4[C@@]2(CCN3CC2CC2)[C@H]1O5)C(=O)OC(C)(C)C. The molecule has 7 heteroatoms. The highest BCUT2D eigenvalue weighted by Crippen LogP contribution is 2.65. The Morgan fingerprint density at radius 3 is 2.71 bits per heavy atom. The van der Waals surface area contributed by atoms with Crippen molar-refractivity contribution in [1.82, 2.24) is 10.2 Å². The van der Waals surface area contributed by atoms with Gasteiger partial charge in [-0.05, 0) is 83.6 Å². The quantitative estimate of drug-likeness (QED) is 0.481. The molecule has 2 N–H and O–H groups in total. The molecule has 2 bridgehead atoms. The van der Waals surface area contributed by atoms with Gasteiger partial charge in [0.1, 0.15) is 23.5 Å². The average Bonchev–Trinajstić information content (AvgIpc) is 3.61. The van der Waals surface area contributed by atoms with Gasteiger partial charge in [0.2, 0.25) is 0 Å². The smallest absolute Gasteiger partial charge is 0.323 e. The lowest BCUT2D eigenvalue weighted by molar-refractivity contribution is -0.160. The molecule has 0 unspecified atom stereocenters. The van der Waals surface area contributed by atoms with Crippen LogP contribution in [-0.2, 0) is 21.4 Å².